The molecule has 0 atom stereocenters. The molecule has 5 rings (SSSR count). The summed E-state index contributed by atoms with van der Waals surface area (Å²) >= 11 is 1.56. The summed E-state index contributed by atoms with van der Waals surface area (Å²) in [6.45, 7) is 3.60. The predicted molar refractivity (Wildman–Crippen MR) is 146 cm³/mol. The molecule has 1 N–H and O–H groups in total. The summed E-state index contributed by atoms with van der Waals surface area (Å²) in [4.78, 5) is 26.7. The van der Waals surface area contributed by atoms with Gasteiger partial charge in [-0.05, 0) is 77.2 Å². The Kier molecular flexibility index (Phi) is 8.06. The Bertz CT molecular complexity index is 1250. The van der Waals surface area contributed by atoms with Crippen LogP contribution in [0.5, 0.6) is 0 Å². The summed E-state index contributed by atoms with van der Waals surface area (Å²) in [5, 5.41) is 6.08. The first-order valence-electron chi connectivity index (χ1n) is 13.3. The molecule has 36 heavy (non-hydrogen) atoms. The van der Waals surface area contributed by atoms with E-state index < -0.39 is 0 Å². The van der Waals surface area contributed by atoms with E-state index in [0.717, 1.165) is 52.7 Å². The lowest BCUT2D eigenvalue weighted by Gasteiger charge is -2.16. The van der Waals surface area contributed by atoms with Crippen LogP contribution >= 0.6 is 11.3 Å². The number of hydrogen-bond acceptors (Lipinski definition) is 5. The smallest absolute Gasteiger partial charge is 0.253 e. The minimum absolute atomic E-state index is 0.00479. The van der Waals surface area contributed by atoms with Gasteiger partial charge >= 0.3 is 0 Å². The first kappa shape index (κ1) is 24.6. The summed E-state index contributed by atoms with van der Waals surface area (Å²) in [6.07, 6.45) is 21.7. The molecule has 0 bridgehead atoms. The fourth-order valence-electron chi connectivity index (χ4n) is 5.24. The number of allylic oxidation sites excluding steroid dienone is 3. The van der Waals surface area contributed by atoms with Crippen LogP contribution < -0.4 is 5.32 Å². The van der Waals surface area contributed by atoms with Crippen molar-refractivity contribution in [2.24, 2.45) is 0 Å². The largest absolute Gasteiger partial charge is 0.352 e. The molecule has 7 heteroatoms. The van der Waals surface area contributed by atoms with Gasteiger partial charge < -0.3 is 9.88 Å². The van der Waals surface area contributed by atoms with Crippen LogP contribution in [0.1, 0.15) is 80.3 Å². The number of aromatic nitrogens is 4. The predicted octanol–water partition coefficient (Wildman–Crippen LogP) is 6.89. The second-order valence-electron chi connectivity index (χ2n) is 9.78. The van der Waals surface area contributed by atoms with Gasteiger partial charge in [0.1, 0.15) is 10.7 Å². The summed E-state index contributed by atoms with van der Waals surface area (Å²) in [5.74, 6) is 0.00479. The Morgan fingerprint density at radius 2 is 1.81 bits per heavy atom. The Balaban J connectivity index is 1.38. The van der Waals surface area contributed by atoms with E-state index in [1.807, 2.05) is 6.07 Å². The van der Waals surface area contributed by atoms with Crippen LogP contribution in [0.4, 0.5) is 0 Å². The third-order valence-electron chi connectivity index (χ3n) is 7.32. The Morgan fingerprint density at radius 3 is 2.50 bits per heavy atom. The first-order chi connectivity index (χ1) is 17.7. The maximum atomic E-state index is 13.2. The van der Waals surface area contributed by atoms with Crippen molar-refractivity contribution >= 4 is 17.2 Å². The second kappa shape index (κ2) is 11.8. The lowest BCUT2D eigenvalue weighted by atomic mass is 9.97. The highest BCUT2D eigenvalue weighted by atomic mass is 32.1. The monoisotopic (exact) mass is 501 g/mol. The molecule has 2 aliphatic rings. The molecule has 3 aromatic rings. The van der Waals surface area contributed by atoms with Gasteiger partial charge in [0.25, 0.3) is 5.91 Å². The molecule has 0 radical (unpaired) electrons. The van der Waals surface area contributed by atoms with Crippen LogP contribution in [0, 0.1) is 6.92 Å². The summed E-state index contributed by atoms with van der Waals surface area (Å²) in [5.41, 5.74) is 7.41. The molecular weight excluding hydrogens is 466 g/mol. The van der Waals surface area contributed by atoms with Crippen molar-refractivity contribution in [2.45, 2.75) is 77.7 Å². The van der Waals surface area contributed by atoms with E-state index in [-0.39, 0.29) is 5.91 Å². The molecule has 0 saturated heterocycles. The SMILES string of the molecule is Cc1c(C(=O)NCCC2=CCCCC2)cc(-c2csc(-c3cnccn3)n2)n1CCC1=CCCCC1. The van der Waals surface area contributed by atoms with Gasteiger partial charge in [0.05, 0.1) is 23.1 Å². The van der Waals surface area contributed by atoms with Gasteiger partial charge in [-0.25, -0.2) is 4.98 Å². The van der Waals surface area contributed by atoms with Crippen molar-refractivity contribution in [1.29, 1.82) is 0 Å². The van der Waals surface area contributed by atoms with Crippen molar-refractivity contribution in [3.8, 4) is 22.1 Å². The quantitative estimate of drug-likeness (QED) is 0.324. The number of carbonyl (C=O) groups is 1. The van der Waals surface area contributed by atoms with Crippen molar-refractivity contribution in [3.05, 3.63) is 64.6 Å². The number of rotatable bonds is 9. The van der Waals surface area contributed by atoms with Gasteiger partial charge in [-0.1, -0.05) is 23.3 Å². The van der Waals surface area contributed by atoms with E-state index in [2.05, 4.69) is 44.3 Å². The molecule has 6 nitrogen and oxygen atoms in total. The van der Waals surface area contributed by atoms with Crippen LogP contribution in [0.2, 0.25) is 0 Å². The Labute approximate surface area is 217 Å². The molecule has 2 aliphatic carbocycles. The number of hydrogen-bond donors (Lipinski definition) is 1. The average Bonchev–Trinajstić information content (AvgIpc) is 3.54. The summed E-state index contributed by atoms with van der Waals surface area (Å²) in [7, 11) is 0. The van der Waals surface area contributed by atoms with E-state index in [0.29, 0.717) is 6.54 Å². The van der Waals surface area contributed by atoms with Gasteiger partial charge in [0, 0.05) is 36.6 Å². The van der Waals surface area contributed by atoms with E-state index in [4.69, 9.17) is 4.98 Å². The third kappa shape index (κ3) is 5.84. The van der Waals surface area contributed by atoms with Gasteiger partial charge in [-0.2, -0.15) is 0 Å². The summed E-state index contributed by atoms with van der Waals surface area (Å²) < 4.78 is 2.28. The zero-order valence-corrected chi connectivity index (χ0v) is 21.9. The minimum Gasteiger partial charge on any atom is -0.352 e. The van der Waals surface area contributed by atoms with E-state index >= 15 is 0 Å². The van der Waals surface area contributed by atoms with Crippen molar-refractivity contribution in [1.82, 2.24) is 24.8 Å². The zero-order valence-electron chi connectivity index (χ0n) is 21.1. The number of carbonyl (C=O) groups excluding carboxylic acids is 1. The molecule has 3 aromatic heterocycles. The van der Waals surface area contributed by atoms with Gasteiger partial charge in [0.15, 0.2) is 0 Å². The van der Waals surface area contributed by atoms with Gasteiger partial charge in [-0.3, -0.25) is 14.8 Å². The second-order valence-corrected chi connectivity index (χ2v) is 10.6. The van der Waals surface area contributed by atoms with Crippen LogP contribution in [0.15, 0.2) is 53.3 Å². The van der Waals surface area contributed by atoms with E-state index in [1.54, 1.807) is 29.9 Å². The fourth-order valence-corrected chi connectivity index (χ4v) is 6.02. The summed E-state index contributed by atoms with van der Waals surface area (Å²) in [6, 6.07) is 2.02. The van der Waals surface area contributed by atoms with Crippen LogP contribution in [0.3, 0.4) is 0 Å². The number of nitrogens with zero attached hydrogens (tertiary/aromatic N) is 4. The lowest BCUT2D eigenvalue weighted by molar-refractivity contribution is 0.0953. The molecule has 188 valence electrons. The fraction of sp³-hybridized carbons (Fsp3) is 0.448. The van der Waals surface area contributed by atoms with E-state index in [1.165, 1.54) is 62.5 Å². The molecule has 0 fully saturated rings. The van der Waals surface area contributed by atoms with Gasteiger partial charge in [-0.15, -0.1) is 11.3 Å². The highest BCUT2D eigenvalue weighted by Crippen LogP contribution is 2.32. The van der Waals surface area contributed by atoms with Gasteiger partial charge in [0.2, 0.25) is 0 Å². The standard InChI is InChI=1S/C29H35N5OS/c1-21-24(28(35)32-14-12-22-8-4-2-5-9-22)18-27(34(21)17-13-23-10-6-3-7-11-23)26-20-36-29(33-26)25-19-30-15-16-31-25/h8,10,15-16,18-20H,2-7,9,11-14,17H2,1H3,(H,32,35). The molecule has 3 heterocycles. The molecule has 1 amide bonds. The van der Waals surface area contributed by atoms with Crippen LogP contribution in [0.25, 0.3) is 22.1 Å². The van der Waals surface area contributed by atoms with E-state index in [9.17, 15) is 4.79 Å². The van der Waals surface area contributed by atoms with Crippen LogP contribution in [-0.4, -0.2) is 32.0 Å². The molecule has 0 aromatic carbocycles. The van der Waals surface area contributed by atoms with Crippen molar-refractivity contribution < 1.29 is 4.79 Å². The first-order valence-corrected chi connectivity index (χ1v) is 14.1. The molecule has 0 spiro atoms. The number of thiazole rings is 1. The molecule has 0 unspecified atom stereocenters. The Morgan fingerprint density at radius 1 is 1.03 bits per heavy atom. The highest BCUT2D eigenvalue weighted by molar-refractivity contribution is 7.13. The Hall–Kier alpha value is -3.06. The maximum Gasteiger partial charge on any atom is 0.253 e. The van der Waals surface area contributed by atoms with Crippen LogP contribution in [-0.2, 0) is 6.54 Å². The molecule has 0 aliphatic heterocycles. The third-order valence-corrected chi connectivity index (χ3v) is 8.18. The number of amides is 1. The zero-order chi connectivity index (χ0) is 24.7. The highest BCUT2D eigenvalue weighted by Gasteiger charge is 2.21. The maximum absolute atomic E-state index is 13.2. The van der Waals surface area contributed by atoms with Crippen molar-refractivity contribution in [3.63, 3.8) is 0 Å². The average molecular weight is 502 g/mol. The minimum atomic E-state index is 0.00479. The molecule has 0 saturated carbocycles. The topological polar surface area (TPSA) is 72.7 Å². The van der Waals surface area contributed by atoms with Crippen molar-refractivity contribution in [2.75, 3.05) is 6.54 Å². The number of nitrogens with one attached hydrogen (secondary N) is 1. The molecular formula is C29H35N5OS. The normalized spacial score (nSPS) is 15.9. The lowest BCUT2D eigenvalue weighted by Crippen LogP contribution is -2.25.